The molecule has 0 aliphatic rings. The van der Waals surface area contributed by atoms with Crippen LogP contribution < -0.4 is 5.30 Å². The number of rotatable bonds is 5. The predicted molar refractivity (Wildman–Crippen MR) is 114 cm³/mol. The summed E-state index contributed by atoms with van der Waals surface area (Å²) < 4.78 is 69.6. The van der Waals surface area contributed by atoms with Gasteiger partial charge in [-0.25, -0.2) is 4.39 Å². The highest BCUT2D eigenvalue weighted by atomic mass is 31.2. The van der Waals surface area contributed by atoms with Crippen LogP contribution in [0.4, 0.5) is 17.6 Å². The van der Waals surface area contributed by atoms with Crippen LogP contribution in [-0.2, 0) is 10.7 Å². The van der Waals surface area contributed by atoms with Gasteiger partial charge < -0.3 is 4.57 Å². The maximum atomic E-state index is 14.6. The van der Waals surface area contributed by atoms with Gasteiger partial charge in [0.2, 0.25) is 18.2 Å². The van der Waals surface area contributed by atoms with Gasteiger partial charge in [0.25, 0.3) is 0 Å². The van der Waals surface area contributed by atoms with Crippen molar-refractivity contribution in [3.63, 3.8) is 0 Å². The Labute approximate surface area is 182 Å². The first-order valence-electron chi connectivity index (χ1n) is 9.58. The molecule has 0 aliphatic carbocycles. The maximum absolute atomic E-state index is 14.6. The molecule has 1 unspecified atom stereocenters. The molecule has 8 heteroatoms. The molecule has 3 aromatic rings. The molecule has 166 valence electrons. The molecule has 0 heterocycles. The Kier molecular flexibility index (Phi) is 6.25. The summed E-state index contributed by atoms with van der Waals surface area (Å²) in [6.07, 6.45) is -5.09. The van der Waals surface area contributed by atoms with Crippen molar-refractivity contribution in [2.75, 3.05) is 0 Å². The van der Waals surface area contributed by atoms with E-state index in [1.54, 1.807) is 32.9 Å². The normalized spacial score (nSPS) is 13.5. The van der Waals surface area contributed by atoms with Gasteiger partial charge in [-0.15, -0.1) is 0 Å². The van der Waals surface area contributed by atoms with Crippen molar-refractivity contribution < 1.29 is 31.7 Å². The molecule has 3 nitrogen and oxygen atoms in total. The third kappa shape index (κ3) is 4.05. The Balaban J connectivity index is 2.35. The zero-order valence-electron chi connectivity index (χ0n) is 17.5. The molecule has 0 radical (unpaired) electrons. The van der Waals surface area contributed by atoms with Gasteiger partial charge in [-0.3, -0.25) is 9.59 Å². The standard InChI is InChI=1S/C24H19F4O3P/c1-14-12-15(2)20(16(3)13-14)22(29)32(31,17-8-5-4-6-9-17)23(30)21-18(24(26,27)28)10-7-11-19(21)25/h4-13H,1-3H3. The smallest absolute Gasteiger partial charge is 0.302 e. The summed E-state index contributed by atoms with van der Waals surface area (Å²) >= 11 is 0. The van der Waals surface area contributed by atoms with E-state index in [0.29, 0.717) is 23.3 Å². The van der Waals surface area contributed by atoms with Gasteiger partial charge in [0.05, 0.1) is 11.1 Å². The molecule has 3 rings (SSSR count). The molecule has 0 saturated heterocycles. The molecule has 32 heavy (non-hydrogen) atoms. The van der Waals surface area contributed by atoms with E-state index in [1.807, 2.05) is 0 Å². The molecular weight excluding hydrogens is 443 g/mol. The van der Waals surface area contributed by atoms with E-state index in [1.165, 1.54) is 30.3 Å². The molecule has 0 bridgehead atoms. The SMILES string of the molecule is Cc1cc(C)c(C(=O)P(=O)(C(=O)c2c(F)cccc2C(F)(F)F)c2ccccc2)c(C)c1. The summed E-state index contributed by atoms with van der Waals surface area (Å²) in [6, 6.07) is 12.1. The zero-order chi connectivity index (χ0) is 23.8. The van der Waals surface area contributed by atoms with Gasteiger partial charge in [-0.05, 0) is 44.0 Å². The highest BCUT2D eigenvalue weighted by Crippen LogP contribution is 2.53. The minimum atomic E-state index is -5.09. The molecule has 0 aliphatic heterocycles. The van der Waals surface area contributed by atoms with Crippen LogP contribution in [0.2, 0.25) is 0 Å². The summed E-state index contributed by atoms with van der Waals surface area (Å²) in [7, 11) is -4.91. The molecule has 3 aromatic carbocycles. The third-order valence-electron chi connectivity index (χ3n) is 5.12. The van der Waals surface area contributed by atoms with Gasteiger partial charge in [0.15, 0.2) is 0 Å². The van der Waals surface area contributed by atoms with Crippen molar-refractivity contribution in [2.45, 2.75) is 26.9 Å². The molecule has 0 amide bonds. The Morgan fingerprint density at radius 3 is 1.84 bits per heavy atom. The minimum Gasteiger partial charge on any atom is -0.302 e. The first kappa shape index (κ1) is 23.6. The van der Waals surface area contributed by atoms with Crippen LogP contribution in [0.3, 0.4) is 0 Å². The van der Waals surface area contributed by atoms with E-state index in [0.717, 1.165) is 11.6 Å². The Morgan fingerprint density at radius 1 is 0.781 bits per heavy atom. The number of halogens is 4. The number of aryl methyl sites for hydroxylation is 3. The average molecular weight is 462 g/mol. The van der Waals surface area contributed by atoms with Gasteiger partial charge in [-0.2, -0.15) is 13.2 Å². The van der Waals surface area contributed by atoms with Crippen LogP contribution in [0.15, 0.2) is 60.7 Å². The predicted octanol–water partition coefficient (Wildman–Crippen LogP) is 6.44. The summed E-state index contributed by atoms with van der Waals surface area (Å²) in [5, 5.41) is -0.259. The second-order valence-electron chi connectivity index (χ2n) is 7.49. The highest BCUT2D eigenvalue weighted by molar-refractivity contribution is 8.01. The zero-order valence-corrected chi connectivity index (χ0v) is 18.4. The third-order valence-corrected chi connectivity index (χ3v) is 7.73. The topological polar surface area (TPSA) is 51.2 Å². The van der Waals surface area contributed by atoms with Gasteiger partial charge in [-0.1, -0.05) is 54.1 Å². The van der Waals surface area contributed by atoms with Crippen LogP contribution in [0, 0.1) is 26.6 Å². The number of carbonyl (C=O) groups excluding carboxylic acids is 2. The van der Waals surface area contributed by atoms with Gasteiger partial charge in [0, 0.05) is 10.9 Å². The summed E-state index contributed by atoms with van der Waals surface area (Å²) in [5.41, 5.74) is -4.17. The highest BCUT2D eigenvalue weighted by Gasteiger charge is 2.48. The molecule has 1 atom stereocenters. The molecular formula is C24H19F4O3P. The van der Waals surface area contributed by atoms with E-state index in [4.69, 9.17) is 0 Å². The lowest BCUT2D eigenvalue weighted by atomic mass is 10.0. The molecule has 0 spiro atoms. The summed E-state index contributed by atoms with van der Waals surface area (Å²) in [4.78, 5) is 27.1. The fraction of sp³-hybridized carbons (Fsp3) is 0.167. The average Bonchev–Trinajstić information content (AvgIpc) is 2.71. The van der Waals surface area contributed by atoms with Gasteiger partial charge in [0.1, 0.15) is 5.82 Å². The van der Waals surface area contributed by atoms with Crippen molar-refractivity contribution in [1.29, 1.82) is 0 Å². The van der Waals surface area contributed by atoms with Gasteiger partial charge >= 0.3 is 6.18 Å². The van der Waals surface area contributed by atoms with Crippen LogP contribution in [0.25, 0.3) is 0 Å². The lowest BCUT2D eigenvalue weighted by molar-refractivity contribution is -0.138. The Morgan fingerprint density at radius 2 is 1.31 bits per heavy atom. The van der Waals surface area contributed by atoms with Crippen LogP contribution >= 0.6 is 7.14 Å². The van der Waals surface area contributed by atoms with Crippen molar-refractivity contribution in [3.05, 3.63) is 99.9 Å². The largest absolute Gasteiger partial charge is 0.417 e. The lowest BCUT2D eigenvalue weighted by Crippen LogP contribution is -2.24. The van der Waals surface area contributed by atoms with Crippen LogP contribution in [0.5, 0.6) is 0 Å². The number of hydrogen-bond donors (Lipinski definition) is 0. The van der Waals surface area contributed by atoms with E-state index < -0.39 is 41.3 Å². The summed E-state index contributed by atoms with van der Waals surface area (Å²) in [6.45, 7) is 4.94. The Bertz CT molecular complexity index is 1240. The van der Waals surface area contributed by atoms with E-state index in [-0.39, 0.29) is 10.9 Å². The van der Waals surface area contributed by atoms with E-state index in [9.17, 15) is 31.7 Å². The lowest BCUT2D eigenvalue weighted by Gasteiger charge is -2.21. The van der Waals surface area contributed by atoms with Crippen molar-refractivity contribution in [3.8, 4) is 0 Å². The molecule has 0 N–H and O–H groups in total. The van der Waals surface area contributed by atoms with Crippen LogP contribution in [0.1, 0.15) is 43.0 Å². The van der Waals surface area contributed by atoms with Crippen LogP contribution in [-0.4, -0.2) is 11.0 Å². The fourth-order valence-electron chi connectivity index (χ4n) is 3.77. The number of alkyl halides is 3. The van der Waals surface area contributed by atoms with Crippen molar-refractivity contribution in [1.82, 2.24) is 0 Å². The quantitative estimate of drug-likeness (QED) is 0.324. The second kappa shape index (κ2) is 8.47. The molecule has 0 aromatic heterocycles. The first-order chi connectivity index (χ1) is 14.9. The number of benzene rings is 3. The monoisotopic (exact) mass is 462 g/mol. The summed E-state index contributed by atoms with van der Waals surface area (Å²) in [5.74, 6) is -1.49. The van der Waals surface area contributed by atoms with Crippen molar-refractivity contribution >= 4 is 23.5 Å². The van der Waals surface area contributed by atoms with E-state index in [2.05, 4.69) is 0 Å². The molecule has 0 fully saturated rings. The number of carbonyl (C=O) groups is 2. The molecule has 0 saturated carbocycles. The number of hydrogen-bond acceptors (Lipinski definition) is 3. The first-order valence-corrected chi connectivity index (χ1v) is 11.3. The maximum Gasteiger partial charge on any atom is 0.417 e. The van der Waals surface area contributed by atoms with Crippen molar-refractivity contribution in [2.24, 2.45) is 0 Å². The minimum absolute atomic E-state index is 0.0268. The van der Waals surface area contributed by atoms with E-state index >= 15 is 0 Å². The second-order valence-corrected chi connectivity index (χ2v) is 10.0. The Hall–Kier alpha value is -3.05. The fourth-order valence-corrected chi connectivity index (χ4v) is 6.23.